The van der Waals surface area contributed by atoms with Gasteiger partial charge in [-0.1, -0.05) is 26.2 Å². The summed E-state index contributed by atoms with van der Waals surface area (Å²) in [5.41, 5.74) is 0. The molecule has 0 saturated heterocycles. The molecule has 0 aromatic rings. The van der Waals surface area contributed by atoms with Crippen LogP contribution in [0.3, 0.4) is 0 Å². The highest BCUT2D eigenvalue weighted by Gasteiger charge is 2.22. The first-order chi connectivity index (χ1) is 10.4. The van der Waals surface area contributed by atoms with Crippen LogP contribution in [0.2, 0.25) is 0 Å². The minimum atomic E-state index is -1.35. The van der Waals surface area contributed by atoms with Crippen LogP contribution in [0, 0.1) is 0 Å². The van der Waals surface area contributed by atoms with E-state index in [1.165, 1.54) is 12.2 Å². The van der Waals surface area contributed by atoms with E-state index in [0.29, 0.717) is 25.7 Å². The smallest absolute Gasteiger partial charge is 0.303 e. The zero-order valence-corrected chi connectivity index (χ0v) is 13.1. The van der Waals surface area contributed by atoms with Gasteiger partial charge in [-0.15, -0.1) is 0 Å². The van der Waals surface area contributed by atoms with Crippen LogP contribution in [-0.2, 0) is 9.59 Å². The van der Waals surface area contributed by atoms with Crippen molar-refractivity contribution in [1.82, 2.24) is 0 Å². The molecule has 0 aliphatic rings. The maximum atomic E-state index is 11.4. The van der Waals surface area contributed by atoms with Gasteiger partial charge in [-0.05, 0) is 31.4 Å². The van der Waals surface area contributed by atoms with Gasteiger partial charge < -0.3 is 20.4 Å². The van der Waals surface area contributed by atoms with E-state index in [2.05, 4.69) is 0 Å². The number of hydrogen-bond donors (Lipinski definition) is 4. The van der Waals surface area contributed by atoms with Crippen molar-refractivity contribution in [3.8, 4) is 0 Å². The molecule has 22 heavy (non-hydrogen) atoms. The topological polar surface area (TPSA) is 115 Å². The molecule has 0 fully saturated rings. The number of carbonyl (C=O) groups is 2. The molecule has 0 bridgehead atoms. The molecule has 0 saturated carbocycles. The van der Waals surface area contributed by atoms with Crippen LogP contribution in [0.5, 0.6) is 0 Å². The van der Waals surface area contributed by atoms with E-state index in [4.69, 9.17) is 5.11 Å². The molecule has 0 spiro atoms. The van der Waals surface area contributed by atoms with Gasteiger partial charge in [0.2, 0.25) is 0 Å². The van der Waals surface area contributed by atoms with Gasteiger partial charge in [0.25, 0.3) is 0 Å². The Kier molecular flexibility index (Phi) is 11.6. The van der Waals surface area contributed by atoms with Crippen LogP contribution in [-0.4, -0.2) is 50.5 Å². The van der Waals surface area contributed by atoms with Crippen LogP contribution < -0.4 is 0 Å². The van der Waals surface area contributed by atoms with Gasteiger partial charge >= 0.3 is 5.97 Å². The standard InChI is InChI=1S/C16H28O6/c1-2-3-7-12(17)10-11-14(19)16(22)13(18)8-5-4-6-9-15(20)21/h10-11,13-14,16,18-19,22H,2-9H2,1H3,(H,20,21)/t13-,14+,16-/m1/s1. The summed E-state index contributed by atoms with van der Waals surface area (Å²) < 4.78 is 0. The molecular weight excluding hydrogens is 288 g/mol. The number of rotatable bonds is 13. The molecule has 0 amide bonds. The summed E-state index contributed by atoms with van der Waals surface area (Å²) in [6.07, 6.45) is 2.87. The highest BCUT2D eigenvalue weighted by molar-refractivity contribution is 5.89. The van der Waals surface area contributed by atoms with E-state index in [0.717, 1.165) is 12.8 Å². The Morgan fingerprint density at radius 2 is 1.68 bits per heavy atom. The zero-order chi connectivity index (χ0) is 17.0. The predicted octanol–water partition coefficient (Wildman–Crippen LogP) is 1.42. The van der Waals surface area contributed by atoms with Crippen molar-refractivity contribution in [2.24, 2.45) is 0 Å². The van der Waals surface area contributed by atoms with Gasteiger partial charge in [0.1, 0.15) is 12.2 Å². The van der Waals surface area contributed by atoms with E-state index in [1.807, 2.05) is 6.92 Å². The lowest BCUT2D eigenvalue weighted by atomic mass is 10.0. The minimum Gasteiger partial charge on any atom is -0.481 e. The minimum absolute atomic E-state index is 0.0872. The Morgan fingerprint density at radius 3 is 2.27 bits per heavy atom. The highest BCUT2D eigenvalue weighted by atomic mass is 16.4. The molecule has 0 aromatic carbocycles. The maximum absolute atomic E-state index is 11.4. The Hall–Kier alpha value is -1.24. The number of carbonyl (C=O) groups excluding carboxylic acids is 1. The Balaban J connectivity index is 3.99. The third kappa shape index (κ3) is 10.5. The van der Waals surface area contributed by atoms with Crippen molar-refractivity contribution in [3.05, 3.63) is 12.2 Å². The number of allylic oxidation sites excluding steroid dienone is 1. The lowest BCUT2D eigenvalue weighted by Gasteiger charge is -2.20. The summed E-state index contributed by atoms with van der Waals surface area (Å²) in [7, 11) is 0. The van der Waals surface area contributed by atoms with E-state index in [9.17, 15) is 24.9 Å². The Morgan fingerprint density at radius 1 is 1.00 bits per heavy atom. The fourth-order valence-corrected chi connectivity index (χ4v) is 1.96. The van der Waals surface area contributed by atoms with E-state index in [-0.39, 0.29) is 18.6 Å². The monoisotopic (exact) mass is 316 g/mol. The van der Waals surface area contributed by atoms with E-state index in [1.54, 1.807) is 0 Å². The van der Waals surface area contributed by atoms with Crippen LogP contribution in [0.1, 0.15) is 58.3 Å². The third-order valence-corrected chi connectivity index (χ3v) is 3.39. The van der Waals surface area contributed by atoms with E-state index < -0.39 is 24.3 Å². The molecule has 0 unspecified atom stereocenters. The predicted molar refractivity (Wildman–Crippen MR) is 82.4 cm³/mol. The average molecular weight is 316 g/mol. The molecule has 0 rings (SSSR count). The number of unbranched alkanes of at least 4 members (excludes halogenated alkanes) is 3. The summed E-state index contributed by atoms with van der Waals surface area (Å²) in [6.45, 7) is 1.97. The molecular formula is C16H28O6. The van der Waals surface area contributed by atoms with Crippen molar-refractivity contribution >= 4 is 11.8 Å². The Bertz CT molecular complexity index is 353. The number of ketones is 1. The van der Waals surface area contributed by atoms with E-state index >= 15 is 0 Å². The van der Waals surface area contributed by atoms with Gasteiger partial charge in [0.05, 0.1) is 6.10 Å². The molecule has 0 aliphatic carbocycles. The fraction of sp³-hybridized carbons (Fsp3) is 0.750. The van der Waals surface area contributed by atoms with Crippen molar-refractivity contribution in [1.29, 1.82) is 0 Å². The van der Waals surface area contributed by atoms with Gasteiger partial charge in [-0.3, -0.25) is 9.59 Å². The van der Waals surface area contributed by atoms with Gasteiger partial charge in [0, 0.05) is 12.8 Å². The second-order valence-electron chi connectivity index (χ2n) is 5.47. The number of hydrogen-bond acceptors (Lipinski definition) is 5. The molecule has 3 atom stereocenters. The number of carboxylic acid groups (broad SMARTS) is 1. The van der Waals surface area contributed by atoms with Crippen molar-refractivity contribution < 1.29 is 30.0 Å². The zero-order valence-electron chi connectivity index (χ0n) is 13.1. The SMILES string of the molecule is CCCCC(=O)C=C[C@H](O)[C@H](O)[C@H](O)CCCCCC(=O)O. The maximum Gasteiger partial charge on any atom is 0.303 e. The van der Waals surface area contributed by atoms with Gasteiger partial charge in [-0.2, -0.15) is 0 Å². The summed E-state index contributed by atoms with van der Waals surface area (Å²) in [5.74, 6) is -0.967. The molecule has 6 heteroatoms. The van der Waals surface area contributed by atoms with Gasteiger partial charge in [-0.25, -0.2) is 0 Å². The van der Waals surface area contributed by atoms with Crippen molar-refractivity contribution in [2.45, 2.75) is 76.6 Å². The molecule has 0 aliphatic heterocycles. The molecule has 0 heterocycles. The number of aliphatic carboxylic acids is 1. The number of aliphatic hydroxyl groups is 3. The summed E-state index contributed by atoms with van der Waals surface area (Å²) in [5, 5.41) is 37.7. The average Bonchev–Trinajstić information content (AvgIpc) is 2.48. The third-order valence-electron chi connectivity index (χ3n) is 3.39. The largest absolute Gasteiger partial charge is 0.481 e. The quantitative estimate of drug-likeness (QED) is 0.302. The van der Waals surface area contributed by atoms with Crippen LogP contribution in [0.4, 0.5) is 0 Å². The van der Waals surface area contributed by atoms with Crippen molar-refractivity contribution in [2.75, 3.05) is 0 Å². The lowest BCUT2D eigenvalue weighted by molar-refractivity contribution is -0.137. The first-order valence-electron chi connectivity index (χ1n) is 7.85. The molecule has 6 nitrogen and oxygen atoms in total. The summed E-state index contributed by atoms with van der Waals surface area (Å²) in [4.78, 5) is 21.7. The van der Waals surface area contributed by atoms with Crippen LogP contribution >= 0.6 is 0 Å². The van der Waals surface area contributed by atoms with Crippen molar-refractivity contribution in [3.63, 3.8) is 0 Å². The first kappa shape index (κ1) is 20.8. The van der Waals surface area contributed by atoms with Crippen LogP contribution in [0.15, 0.2) is 12.2 Å². The van der Waals surface area contributed by atoms with Gasteiger partial charge in [0.15, 0.2) is 5.78 Å². The second-order valence-corrected chi connectivity index (χ2v) is 5.47. The summed E-state index contributed by atoms with van der Waals surface area (Å²) in [6, 6.07) is 0. The summed E-state index contributed by atoms with van der Waals surface area (Å²) >= 11 is 0. The molecule has 128 valence electrons. The Labute approximate surface area is 131 Å². The molecule has 4 N–H and O–H groups in total. The lowest BCUT2D eigenvalue weighted by Crippen LogP contribution is -2.36. The molecule has 0 radical (unpaired) electrons. The highest BCUT2D eigenvalue weighted by Crippen LogP contribution is 2.11. The number of aliphatic hydroxyl groups excluding tert-OH is 3. The first-order valence-corrected chi connectivity index (χ1v) is 7.85. The second kappa shape index (κ2) is 12.3. The molecule has 0 aromatic heterocycles. The normalized spacial score (nSPS) is 15.6. The fourth-order valence-electron chi connectivity index (χ4n) is 1.96. The number of carboxylic acids is 1. The van der Waals surface area contributed by atoms with Crippen LogP contribution in [0.25, 0.3) is 0 Å².